The summed E-state index contributed by atoms with van der Waals surface area (Å²) in [7, 11) is 4.24. The van der Waals surface area contributed by atoms with E-state index in [0.29, 0.717) is 27.1 Å². The number of thiophene rings is 1. The van der Waals surface area contributed by atoms with Gasteiger partial charge in [-0.25, -0.2) is 4.79 Å². The van der Waals surface area contributed by atoms with E-state index in [4.69, 9.17) is 25.8 Å². The molecule has 0 radical (unpaired) electrons. The lowest BCUT2D eigenvalue weighted by atomic mass is 10.0. The van der Waals surface area contributed by atoms with Crippen LogP contribution in [-0.2, 0) is 4.74 Å². The van der Waals surface area contributed by atoms with Crippen molar-refractivity contribution in [1.29, 1.82) is 0 Å². The minimum atomic E-state index is -0.559. The van der Waals surface area contributed by atoms with E-state index in [9.17, 15) is 9.59 Å². The maximum absolute atomic E-state index is 13.1. The van der Waals surface area contributed by atoms with Crippen molar-refractivity contribution in [1.82, 2.24) is 0 Å². The molecule has 0 fully saturated rings. The number of nitrogens with one attached hydrogen (secondary N) is 1. The van der Waals surface area contributed by atoms with Crippen molar-refractivity contribution >= 4 is 39.8 Å². The predicted molar refractivity (Wildman–Crippen MR) is 118 cm³/mol. The summed E-state index contributed by atoms with van der Waals surface area (Å²) in [5, 5.41) is 3.73. The van der Waals surface area contributed by atoms with Crippen LogP contribution in [0.2, 0.25) is 5.02 Å². The number of halogens is 1. The molecule has 0 aliphatic rings. The Labute approximate surface area is 183 Å². The first kappa shape index (κ1) is 21.7. The van der Waals surface area contributed by atoms with Gasteiger partial charge in [-0.1, -0.05) is 29.8 Å². The maximum Gasteiger partial charge on any atom is 0.341 e. The van der Waals surface area contributed by atoms with E-state index in [-0.39, 0.29) is 11.1 Å². The Hall–Kier alpha value is -3.03. The SMILES string of the molecule is COC(=O)c1c(NC(=O)c2c(OC)cccc2OC)sc(C)c1-c1cccc(Cl)c1. The van der Waals surface area contributed by atoms with Crippen molar-refractivity contribution in [2.45, 2.75) is 6.92 Å². The minimum Gasteiger partial charge on any atom is -0.496 e. The number of hydrogen-bond acceptors (Lipinski definition) is 6. The lowest BCUT2D eigenvalue weighted by Crippen LogP contribution is -2.16. The van der Waals surface area contributed by atoms with Crippen molar-refractivity contribution in [2.75, 3.05) is 26.6 Å². The average molecular weight is 446 g/mol. The zero-order valence-electron chi connectivity index (χ0n) is 16.9. The second-order valence-corrected chi connectivity index (χ2v) is 7.89. The van der Waals surface area contributed by atoms with Gasteiger partial charge in [0.15, 0.2) is 0 Å². The summed E-state index contributed by atoms with van der Waals surface area (Å²) in [6.45, 7) is 1.87. The van der Waals surface area contributed by atoms with Crippen LogP contribution in [0.4, 0.5) is 5.00 Å². The van der Waals surface area contributed by atoms with Crippen LogP contribution in [0.15, 0.2) is 42.5 Å². The smallest absolute Gasteiger partial charge is 0.341 e. The van der Waals surface area contributed by atoms with Crippen LogP contribution in [0.3, 0.4) is 0 Å². The number of aryl methyl sites for hydroxylation is 1. The quantitative estimate of drug-likeness (QED) is 0.512. The number of rotatable bonds is 6. The predicted octanol–water partition coefficient (Wildman–Crippen LogP) is 5.43. The van der Waals surface area contributed by atoms with Gasteiger partial charge in [0.05, 0.1) is 21.3 Å². The molecule has 0 aliphatic heterocycles. The van der Waals surface area contributed by atoms with Crippen molar-refractivity contribution in [3.05, 3.63) is 63.5 Å². The van der Waals surface area contributed by atoms with Crippen LogP contribution in [0, 0.1) is 6.92 Å². The van der Waals surface area contributed by atoms with Crippen LogP contribution in [-0.4, -0.2) is 33.2 Å². The normalized spacial score (nSPS) is 10.4. The summed E-state index contributed by atoms with van der Waals surface area (Å²) < 4.78 is 15.6. The largest absolute Gasteiger partial charge is 0.496 e. The van der Waals surface area contributed by atoms with Gasteiger partial charge in [-0.05, 0) is 36.8 Å². The van der Waals surface area contributed by atoms with E-state index < -0.39 is 11.9 Å². The Morgan fingerprint density at radius 3 is 2.17 bits per heavy atom. The maximum atomic E-state index is 13.1. The number of carbonyl (C=O) groups is 2. The van der Waals surface area contributed by atoms with E-state index in [1.165, 1.54) is 32.7 Å². The Morgan fingerprint density at radius 2 is 1.60 bits per heavy atom. The van der Waals surface area contributed by atoms with Gasteiger partial charge in [0.25, 0.3) is 5.91 Å². The lowest BCUT2D eigenvalue weighted by molar-refractivity contribution is 0.0603. The third-order valence-corrected chi connectivity index (χ3v) is 5.72. The molecule has 0 bridgehead atoms. The summed E-state index contributed by atoms with van der Waals surface area (Å²) in [5.41, 5.74) is 1.92. The van der Waals surface area contributed by atoms with Gasteiger partial charge in [0.1, 0.15) is 27.6 Å². The second kappa shape index (κ2) is 9.19. The molecule has 0 saturated heterocycles. The first-order valence-corrected chi connectivity index (χ1v) is 10.1. The molecule has 30 heavy (non-hydrogen) atoms. The van der Waals surface area contributed by atoms with E-state index in [1.54, 1.807) is 36.4 Å². The molecule has 1 amide bonds. The van der Waals surface area contributed by atoms with Crippen molar-refractivity contribution in [3.8, 4) is 22.6 Å². The molecule has 0 spiro atoms. The second-order valence-electron chi connectivity index (χ2n) is 6.23. The number of ether oxygens (including phenoxy) is 3. The number of benzene rings is 2. The van der Waals surface area contributed by atoms with E-state index >= 15 is 0 Å². The molecule has 0 atom stereocenters. The van der Waals surface area contributed by atoms with Gasteiger partial charge < -0.3 is 19.5 Å². The molecule has 1 N–H and O–H groups in total. The average Bonchev–Trinajstić information content (AvgIpc) is 3.07. The number of hydrogen-bond donors (Lipinski definition) is 1. The van der Waals surface area contributed by atoms with Gasteiger partial charge in [-0.15, -0.1) is 11.3 Å². The Bertz CT molecular complexity index is 1090. The monoisotopic (exact) mass is 445 g/mol. The number of esters is 1. The molecule has 8 heteroatoms. The first-order chi connectivity index (χ1) is 14.4. The van der Waals surface area contributed by atoms with Gasteiger partial charge in [-0.2, -0.15) is 0 Å². The highest BCUT2D eigenvalue weighted by atomic mass is 35.5. The van der Waals surface area contributed by atoms with Crippen molar-refractivity contribution in [2.24, 2.45) is 0 Å². The van der Waals surface area contributed by atoms with Gasteiger partial charge in [0, 0.05) is 15.5 Å². The fourth-order valence-electron chi connectivity index (χ4n) is 3.16. The molecule has 1 heterocycles. The van der Waals surface area contributed by atoms with Gasteiger partial charge in [-0.3, -0.25) is 4.79 Å². The Kier molecular flexibility index (Phi) is 6.64. The standard InChI is InChI=1S/C22H20ClNO5S/c1-12-17(13-7-5-8-14(23)11-13)19(22(26)29-4)21(30-12)24-20(25)18-15(27-2)9-6-10-16(18)28-3/h5-11H,1-4H3,(H,24,25). The molecule has 3 rings (SSSR count). The molecule has 156 valence electrons. The molecular weight excluding hydrogens is 426 g/mol. The summed E-state index contributed by atoms with van der Waals surface area (Å²) >= 11 is 7.42. The van der Waals surface area contributed by atoms with Crippen molar-refractivity contribution < 1.29 is 23.8 Å². The molecule has 6 nitrogen and oxygen atoms in total. The summed E-state index contributed by atoms with van der Waals surface area (Å²) in [6.07, 6.45) is 0. The van der Waals surface area contributed by atoms with Gasteiger partial charge >= 0.3 is 5.97 Å². The molecular formula is C22H20ClNO5S. The molecule has 2 aromatic carbocycles. The third kappa shape index (κ3) is 4.13. The molecule has 3 aromatic rings. The summed E-state index contributed by atoms with van der Waals surface area (Å²) in [6, 6.07) is 12.2. The number of anilines is 1. The Morgan fingerprint density at radius 1 is 0.967 bits per heavy atom. The Balaban J connectivity index is 2.11. The van der Waals surface area contributed by atoms with Crippen LogP contribution >= 0.6 is 22.9 Å². The fraction of sp³-hybridized carbons (Fsp3) is 0.182. The minimum absolute atomic E-state index is 0.230. The molecule has 0 unspecified atom stereocenters. The molecule has 0 saturated carbocycles. The molecule has 0 aliphatic carbocycles. The van der Waals surface area contributed by atoms with Crippen LogP contribution in [0.5, 0.6) is 11.5 Å². The lowest BCUT2D eigenvalue weighted by Gasteiger charge is -2.13. The topological polar surface area (TPSA) is 73.9 Å². The zero-order valence-corrected chi connectivity index (χ0v) is 18.4. The van der Waals surface area contributed by atoms with E-state index in [1.807, 2.05) is 13.0 Å². The molecule has 1 aromatic heterocycles. The number of methoxy groups -OCH3 is 3. The third-order valence-electron chi connectivity index (χ3n) is 4.47. The summed E-state index contributed by atoms with van der Waals surface area (Å²) in [5.74, 6) is -0.311. The number of carbonyl (C=O) groups excluding carboxylic acids is 2. The first-order valence-electron chi connectivity index (χ1n) is 8.91. The number of amides is 1. The van der Waals surface area contributed by atoms with E-state index in [2.05, 4.69) is 5.32 Å². The fourth-order valence-corrected chi connectivity index (χ4v) is 4.41. The van der Waals surface area contributed by atoms with Gasteiger partial charge in [0.2, 0.25) is 0 Å². The van der Waals surface area contributed by atoms with Crippen molar-refractivity contribution in [3.63, 3.8) is 0 Å². The highest BCUT2D eigenvalue weighted by Crippen LogP contribution is 2.41. The van der Waals surface area contributed by atoms with E-state index in [0.717, 1.165) is 10.4 Å². The zero-order chi connectivity index (χ0) is 21.8. The van der Waals surface area contributed by atoms with Crippen LogP contribution in [0.1, 0.15) is 25.6 Å². The van der Waals surface area contributed by atoms with Crippen LogP contribution in [0.25, 0.3) is 11.1 Å². The van der Waals surface area contributed by atoms with Crippen LogP contribution < -0.4 is 14.8 Å². The summed E-state index contributed by atoms with van der Waals surface area (Å²) in [4.78, 5) is 26.6. The highest BCUT2D eigenvalue weighted by Gasteiger charge is 2.27. The highest BCUT2D eigenvalue weighted by molar-refractivity contribution is 7.17.